The number of ether oxygens (including phenoxy) is 1. The first-order chi connectivity index (χ1) is 13.3. The van der Waals surface area contributed by atoms with Gasteiger partial charge in [0.25, 0.3) is 0 Å². The van der Waals surface area contributed by atoms with Gasteiger partial charge in [-0.2, -0.15) is 5.10 Å². The summed E-state index contributed by atoms with van der Waals surface area (Å²) < 4.78 is 7.98. The summed E-state index contributed by atoms with van der Waals surface area (Å²) in [6, 6.07) is 6.17. The molecule has 0 amide bonds. The van der Waals surface area contributed by atoms with E-state index in [1.807, 2.05) is 36.0 Å². The third kappa shape index (κ3) is 3.48. The van der Waals surface area contributed by atoms with Crippen LogP contribution in [0.3, 0.4) is 0 Å². The van der Waals surface area contributed by atoms with Gasteiger partial charge in [-0.25, -0.2) is 9.50 Å². The molecule has 0 bridgehead atoms. The SMILES string of the molecule is Cc1cc(OCC2CCN(c3nccn4nc(C5CC5)cc34)CC2)ccn1. The zero-order chi connectivity index (χ0) is 18.2. The van der Waals surface area contributed by atoms with E-state index in [1.165, 1.54) is 18.5 Å². The standard InChI is InChI=1S/C21H25N5O/c1-15-12-18(4-7-22-15)27-14-16-5-9-25(10-6-16)21-20-13-19(17-2-3-17)24-26(20)11-8-23-21/h4,7-8,11-13,16-17H,2-3,5-6,9-10,14H2,1H3. The third-order valence-corrected chi connectivity index (χ3v) is 5.65. The quantitative estimate of drug-likeness (QED) is 0.693. The van der Waals surface area contributed by atoms with E-state index in [2.05, 4.69) is 20.9 Å². The van der Waals surface area contributed by atoms with Crippen molar-refractivity contribution in [2.45, 2.75) is 38.5 Å². The Bertz CT molecular complexity index is 941. The molecule has 0 aromatic carbocycles. The molecule has 1 saturated carbocycles. The van der Waals surface area contributed by atoms with E-state index < -0.39 is 0 Å². The highest BCUT2D eigenvalue weighted by atomic mass is 16.5. The maximum absolute atomic E-state index is 5.99. The molecule has 0 atom stereocenters. The van der Waals surface area contributed by atoms with E-state index >= 15 is 0 Å². The zero-order valence-corrected chi connectivity index (χ0v) is 15.7. The molecule has 0 radical (unpaired) electrons. The second-order valence-corrected chi connectivity index (χ2v) is 7.80. The van der Waals surface area contributed by atoms with Crippen molar-refractivity contribution in [3.63, 3.8) is 0 Å². The largest absolute Gasteiger partial charge is 0.493 e. The molecule has 4 heterocycles. The number of fused-ring (bicyclic) bond motifs is 1. The van der Waals surface area contributed by atoms with Crippen LogP contribution in [-0.4, -0.2) is 39.3 Å². The molecule has 2 fully saturated rings. The minimum Gasteiger partial charge on any atom is -0.493 e. The van der Waals surface area contributed by atoms with Crippen molar-refractivity contribution in [3.05, 3.63) is 48.2 Å². The van der Waals surface area contributed by atoms with Crippen LogP contribution in [0.2, 0.25) is 0 Å². The third-order valence-electron chi connectivity index (χ3n) is 5.65. The fourth-order valence-corrected chi connectivity index (χ4v) is 3.88. The minimum atomic E-state index is 0.585. The Morgan fingerprint density at radius 1 is 1.07 bits per heavy atom. The van der Waals surface area contributed by atoms with E-state index in [-0.39, 0.29) is 0 Å². The first kappa shape index (κ1) is 16.5. The molecule has 6 nitrogen and oxygen atoms in total. The van der Waals surface area contributed by atoms with Gasteiger partial charge < -0.3 is 9.64 Å². The summed E-state index contributed by atoms with van der Waals surface area (Å²) in [5, 5.41) is 4.74. The molecule has 140 valence electrons. The lowest BCUT2D eigenvalue weighted by atomic mass is 9.98. The monoisotopic (exact) mass is 363 g/mol. The number of nitrogens with zero attached hydrogens (tertiary/aromatic N) is 5. The highest BCUT2D eigenvalue weighted by Gasteiger charge is 2.28. The average molecular weight is 363 g/mol. The molecule has 0 spiro atoms. The van der Waals surface area contributed by atoms with Crippen LogP contribution >= 0.6 is 0 Å². The van der Waals surface area contributed by atoms with Gasteiger partial charge in [0.2, 0.25) is 0 Å². The topological polar surface area (TPSA) is 55.5 Å². The van der Waals surface area contributed by atoms with Crippen molar-refractivity contribution < 1.29 is 4.74 Å². The molecule has 0 unspecified atom stereocenters. The van der Waals surface area contributed by atoms with Crippen molar-refractivity contribution in [1.29, 1.82) is 0 Å². The van der Waals surface area contributed by atoms with Gasteiger partial charge in [-0.15, -0.1) is 0 Å². The summed E-state index contributed by atoms with van der Waals surface area (Å²) in [5.74, 6) is 3.24. The van der Waals surface area contributed by atoms with Gasteiger partial charge in [0.15, 0.2) is 5.82 Å². The van der Waals surface area contributed by atoms with Crippen molar-refractivity contribution in [1.82, 2.24) is 19.6 Å². The first-order valence-electron chi connectivity index (χ1n) is 9.91. The summed E-state index contributed by atoms with van der Waals surface area (Å²) in [6.45, 7) is 4.79. The van der Waals surface area contributed by atoms with Gasteiger partial charge in [-0.3, -0.25) is 4.98 Å². The molecule has 2 aliphatic rings. The molecular weight excluding hydrogens is 338 g/mol. The molecule has 6 heteroatoms. The Balaban J connectivity index is 1.23. The predicted octanol–water partition coefficient (Wildman–Crippen LogP) is 3.61. The maximum Gasteiger partial charge on any atom is 0.154 e. The van der Waals surface area contributed by atoms with E-state index in [4.69, 9.17) is 9.84 Å². The fourth-order valence-electron chi connectivity index (χ4n) is 3.88. The van der Waals surface area contributed by atoms with Gasteiger partial charge in [-0.1, -0.05) is 0 Å². The number of pyridine rings is 1. The Kier molecular flexibility index (Phi) is 4.19. The molecule has 1 saturated heterocycles. The Morgan fingerprint density at radius 2 is 1.93 bits per heavy atom. The summed E-state index contributed by atoms with van der Waals surface area (Å²) in [6.07, 6.45) is 10.4. The van der Waals surface area contributed by atoms with E-state index in [9.17, 15) is 0 Å². The van der Waals surface area contributed by atoms with Gasteiger partial charge >= 0.3 is 0 Å². The summed E-state index contributed by atoms with van der Waals surface area (Å²) in [4.78, 5) is 11.3. The minimum absolute atomic E-state index is 0.585. The van der Waals surface area contributed by atoms with Crippen LogP contribution < -0.4 is 9.64 Å². The number of anilines is 1. The number of aryl methyl sites for hydroxylation is 1. The van der Waals surface area contributed by atoms with Crippen LogP contribution in [0, 0.1) is 12.8 Å². The predicted molar refractivity (Wildman–Crippen MR) is 104 cm³/mol. The van der Waals surface area contributed by atoms with Crippen molar-refractivity contribution in [2.24, 2.45) is 5.92 Å². The highest BCUT2D eigenvalue weighted by molar-refractivity contribution is 5.69. The first-order valence-corrected chi connectivity index (χ1v) is 9.91. The van der Waals surface area contributed by atoms with Crippen molar-refractivity contribution >= 4 is 11.3 Å². The molecule has 5 rings (SSSR count). The lowest BCUT2D eigenvalue weighted by molar-refractivity contribution is 0.222. The Hall–Kier alpha value is -2.63. The molecule has 0 N–H and O–H groups in total. The lowest BCUT2D eigenvalue weighted by Crippen LogP contribution is -2.36. The van der Waals surface area contributed by atoms with Crippen LogP contribution in [-0.2, 0) is 0 Å². The molecule has 3 aromatic heterocycles. The Labute approximate surface area is 159 Å². The smallest absolute Gasteiger partial charge is 0.154 e. The van der Waals surface area contributed by atoms with Crippen LogP contribution in [0.4, 0.5) is 5.82 Å². The van der Waals surface area contributed by atoms with Gasteiger partial charge in [0.1, 0.15) is 11.3 Å². The summed E-state index contributed by atoms with van der Waals surface area (Å²) in [5.41, 5.74) is 3.36. The number of hydrogen-bond donors (Lipinski definition) is 0. The van der Waals surface area contributed by atoms with Crippen LogP contribution in [0.25, 0.3) is 5.52 Å². The Morgan fingerprint density at radius 3 is 2.70 bits per heavy atom. The van der Waals surface area contributed by atoms with E-state index in [1.54, 1.807) is 6.20 Å². The highest BCUT2D eigenvalue weighted by Crippen LogP contribution is 2.40. The van der Waals surface area contributed by atoms with Gasteiger partial charge in [0, 0.05) is 49.4 Å². The van der Waals surface area contributed by atoms with Crippen LogP contribution in [0.15, 0.2) is 36.8 Å². The maximum atomic E-state index is 5.99. The summed E-state index contributed by atoms with van der Waals surface area (Å²) >= 11 is 0. The van der Waals surface area contributed by atoms with Crippen LogP contribution in [0.1, 0.15) is 43.0 Å². The zero-order valence-electron chi connectivity index (χ0n) is 15.7. The van der Waals surface area contributed by atoms with Gasteiger partial charge in [-0.05, 0) is 50.7 Å². The van der Waals surface area contributed by atoms with Crippen molar-refractivity contribution in [2.75, 3.05) is 24.6 Å². The second-order valence-electron chi connectivity index (χ2n) is 7.80. The lowest BCUT2D eigenvalue weighted by Gasteiger charge is -2.32. The number of rotatable bonds is 5. The van der Waals surface area contributed by atoms with Crippen molar-refractivity contribution in [3.8, 4) is 5.75 Å². The average Bonchev–Trinajstić information content (AvgIpc) is 3.45. The number of hydrogen-bond acceptors (Lipinski definition) is 5. The molecule has 1 aliphatic heterocycles. The van der Waals surface area contributed by atoms with Crippen LogP contribution in [0.5, 0.6) is 5.75 Å². The van der Waals surface area contributed by atoms with E-state index in [0.717, 1.165) is 55.3 Å². The second kappa shape index (κ2) is 6.83. The normalized spacial score (nSPS) is 18.2. The molecule has 27 heavy (non-hydrogen) atoms. The molecule has 1 aliphatic carbocycles. The van der Waals surface area contributed by atoms with E-state index in [0.29, 0.717) is 11.8 Å². The summed E-state index contributed by atoms with van der Waals surface area (Å²) in [7, 11) is 0. The molecule has 3 aromatic rings. The molecular formula is C21H25N5O. The number of aromatic nitrogens is 4. The number of piperidine rings is 1. The fraction of sp³-hybridized carbons (Fsp3) is 0.476. The van der Waals surface area contributed by atoms with Gasteiger partial charge in [0.05, 0.1) is 12.3 Å².